The van der Waals surface area contributed by atoms with Crippen molar-refractivity contribution in [1.82, 2.24) is 20.6 Å². The summed E-state index contributed by atoms with van der Waals surface area (Å²) >= 11 is 0. The second-order valence-corrected chi connectivity index (χ2v) is 25.5. The van der Waals surface area contributed by atoms with Crippen LogP contribution in [0.5, 0.6) is 0 Å². The van der Waals surface area contributed by atoms with Gasteiger partial charge in [0.05, 0.1) is 16.8 Å². The number of aromatic nitrogens is 2. The highest BCUT2D eigenvalue weighted by Crippen LogP contribution is 2.51. The zero-order chi connectivity index (χ0) is 50.9. The molecule has 0 radical (unpaired) electrons. The van der Waals surface area contributed by atoms with Crippen molar-refractivity contribution in [2.45, 2.75) is 213 Å². The first kappa shape index (κ1) is 52.5. The van der Waals surface area contributed by atoms with Gasteiger partial charge in [-0.1, -0.05) is 132 Å². The minimum Gasteiger partial charge on any atom is -0.481 e. The van der Waals surface area contributed by atoms with Crippen molar-refractivity contribution in [2.75, 3.05) is 19.8 Å². The molecule has 4 aromatic rings. The van der Waals surface area contributed by atoms with E-state index in [-0.39, 0.29) is 51.9 Å². The Morgan fingerprint density at radius 3 is 1.42 bits per heavy atom. The Kier molecular flexibility index (Phi) is 15.5. The number of benzene rings is 2. The summed E-state index contributed by atoms with van der Waals surface area (Å²) in [7, 11) is 0. The van der Waals surface area contributed by atoms with Gasteiger partial charge in [0.15, 0.2) is 11.5 Å². The fourth-order valence-electron chi connectivity index (χ4n) is 10.5. The van der Waals surface area contributed by atoms with Crippen molar-refractivity contribution in [2.24, 2.45) is 17.3 Å². The summed E-state index contributed by atoms with van der Waals surface area (Å²) in [6.07, 6.45) is 20.6. The molecule has 386 valence electrons. The Morgan fingerprint density at radius 1 is 0.606 bits per heavy atom. The molecule has 4 aliphatic carbocycles. The van der Waals surface area contributed by atoms with Crippen LogP contribution in [0, 0.1) is 17.3 Å². The minimum atomic E-state index is -1.08. The highest BCUT2D eigenvalue weighted by molar-refractivity contribution is 5.91. The maximum absolute atomic E-state index is 13.2. The van der Waals surface area contributed by atoms with Gasteiger partial charge in [0.1, 0.15) is 0 Å². The third-order valence-electron chi connectivity index (χ3n) is 16.5. The molecule has 11 heteroatoms. The molecular weight excluding hydrogens is 889 g/mol. The molecule has 5 aliphatic rings. The van der Waals surface area contributed by atoms with Gasteiger partial charge in [-0.25, -0.2) is 9.97 Å². The van der Waals surface area contributed by atoms with Gasteiger partial charge in [0.25, 0.3) is 11.8 Å². The van der Waals surface area contributed by atoms with E-state index in [1.54, 1.807) is 13.8 Å². The zero-order valence-corrected chi connectivity index (χ0v) is 44.8. The second-order valence-electron chi connectivity index (χ2n) is 25.5. The first-order chi connectivity index (χ1) is 33.5. The number of ether oxygens (including phenoxy) is 1. The molecule has 0 unspecified atom stereocenters. The summed E-state index contributed by atoms with van der Waals surface area (Å²) < 4.78 is 18.0. The van der Waals surface area contributed by atoms with Gasteiger partial charge in [-0.3, -0.25) is 14.4 Å². The largest absolute Gasteiger partial charge is 0.481 e. The molecule has 5 fully saturated rings. The molecule has 0 bridgehead atoms. The third-order valence-corrected chi connectivity index (χ3v) is 16.5. The SMILES string of the molecule is CC(C)(C)c1cc(-c2oc(C(=O)NC3CCOCC3)nc2CC2CCCCC2)cc(C2(C)CC2)c1.CC(C)(CNC(=O)c1nc(CC2CCCCC2)c(-c2cc(C(C)(C)C)cc(C3(C)CC3)c2)o1)C(=O)O. The quantitative estimate of drug-likeness (QED) is 0.112. The number of rotatable bonds is 14. The molecule has 11 nitrogen and oxygen atoms in total. The summed E-state index contributed by atoms with van der Waals surface area (Å²) in [4.78, 5) is 47.2. The van der Waals surface area contributed by atoms with E-state index in [0.717, 1.165) is 54.0 Å². The Balaban J connectivity index is 0.000000190. The van der Waals surface area contributed by atoms with Gasteiger partial charge in [-0.2, -0.15) is 0 Å². The van der Waals surface area contributed by atoms with E-state index in [9.17, 15) is 19.5 Å². The Labute approximate surface area is 423 Å². The third kappa shape index (κ3) is 13.1. The maximum Gasteiger partial charge on any atom is 0.310 e. The zero-order valence-electron chi connectivity index (χ0n) is 44.8. The predicted molar refractivity (Wildman–Crippen MR) is 280 cm³/mol. The smallest absolute Gasteiger partial charge is 0.310 e. The molecule has 4 saturated carbocycles. The monoisotopic (exact) mass is 973 g/mol. The Hall–Kier alpha value is -4.77. The normalized spacial score (nSPS) is 19.6. The van der Waals surface area contributed by atoms with Gasteiger partial charge in [-0.15, -0.1) is 0 Å². The number of amides is 2. The maximum atomic E-state index is 13.2. The van der Waals surface area contributed by atoms with Crippen LogP contribution in [-0.4, -0.2) is 58.7 Å². The number of hydrogen-bond acceptors (Lipinski definition) is 8. The molecule has 1 aliphatic heterocycles. The first-order valence-electron chi connectivity index (χ1n) is 27.2. The Morgan fingerprint density at radius 2 is 1.03 bits per heavy atom. The van der Waals surface area contributed by atoms with Gasteiger partial charge in [-0.05, 0) is 145 Å². The van der Waals surface area contributed by atoms with Crippen molar-refractivity contribution in [3.63, 3.8) is 0 Å². The molecule has 71 heavy (non-hydrogen) atoms. The van der Waals surface area contributed by atoms with Gasteiger partial charge in [0.2, 0.25) is 0 Å². The van der Waals surface area contributed by atoms with Crippen molar-refractivity contribution in [3.05, 3.63) is 81.8 Å². The van der Waals surface area contributed by atoms with Crippen LogP contribution < -0.4 is 10.6 Å². The summed E-state index contributed by atoms with van der Waals surface area (Å²) in [5.41, 5.74) is 8.48. The van der Waals surface area contributed by atoms with E-state index in [1.807, 2.05) is 0 Å². The molecule has 0 spiro atoms. The highest BCUT2D eigenvalue weighted by Gasteiger charge is 2.41. The Bertz CT molecular complexity index is 2480. The number of carboxylic acids is 1. The van der Waals surface area contributed by atoms with Crippen LogP contribution >= 0.6 is 0 Å². The standard InChI is InChI=1S/C30H42N2O4.C30H42N2O3/c1-28(2,3)21-15-20(16-22(17-21)30(6)12-13-30)24-23(14-19-10-8-7-9-11-19)32-26(36-24)25(33)31-18-29(4,5)27(34)35;1-29(2,3)22-17-21(18-23(19-22)30(4)12-13-30)26-25(16-20-8-6-5-7-9-20)32-28(35-26)27(33)31-24-10-14-34-15-11-24/h15-17,19H,7-14,18H2,1-6H3,(H,31,33)(H,34,35);17-20,24H,5-16H2,1-4H3,(H,31,33). The fraction of sp³-hybridized carbons (Fsp3) is 0.650. The van der Waals surface area contributed by atoms with Crippen molar-refractivity contribution >= 4 is 17.8 Å². The number of hydrogen-bond donors (Lipinski definition) is 3. The van der Waals surface area contributed by atoms with E-state index >= 15 is 0 Å². The van der Waals surface area contributed by atoms with E-state index in [2.05, 4.69) is 102 Å². The highest BCUT2D eigenvalue weighted by atomic mass is 16.5. The van der Waals surface area contributed by atoms with Crippen LogP contribution in [0.25, 0.3) is 22.6 Å². The van der Waals surface area contributed by atoms with Crippen molar-refractivity contribution in [1.29, 1.82) is 0 Å². The van der Waals surface area contributed by atoms with Crippen LogP contribution in [0.2, 0.25) is 0 Å². The molecule has 9 rings (SSSR count). The molecule has 3 heterocycles. The molecule has 2 aromatic heterocycles. The molecule has 2 aromatic carbocycles. The molecular formula is C60H84N4O7. The summed E-state index contributed by atoms with van der Waals surface area (Å²) in [6.45, 7) is 22.7. The van der Waals surface area contributed by atoms with Gasteiger partial charge < -0.3 is 29.3 Å². The summed E-state index contributed by atoms with van der Waals surface area (Å²) in [6, 6.07) is 13.8. The predicted octanol–water partition coefficient (Wildman–Crippen LogP) is 13.4. The number of carbonyl (C=O) groups excluding carboxylic acids is 2. The van der Waals surface area contributed by atoms with E-state index in [4.69, 9.17) is 23.5 Å². The van der Waals surface area contributed by atoms with Gasteiger partial charge in [0, 0.05) is 36.9 Å². The van der Waals surface area contributed by atoms with E-state index in [1.165, 1.54) is 112 Å². The van der Waals surface area contributed by atoms with E-state index in [0.29, 0.717) is 30.8 Å². The average molecular weight is 973 g/mol. The van der Waals surface area contributed by atoms with Crippen LogP contribution in [0.4, 0.5) is 0 Å². The van der Waals surface area contributed by atoms with Crippen LogP contribution in [0.3, 0.4) is 0 Å². The molecule has 2 amide bonds. The number of aliphatic carboxylic acids is 1. The number of carbonyl (C=O) groups is 3. The fourth-order valence-corrected chi connectivity index (χ4v) is 10.5. The summed E-state index contributed by atoms with van der Waals surface area (Å²) in [5, 5.41) is 15.3. The topological polar surface area (TPSA) is 157 Å². The molecule has 0 atom stereocenters. The number of nitrogens with zero attached hydrogens (tertiary/aromatic N) is 2. The molecule has 3 N–H and O–H groups in total. The lowest BCUT2D eigenvalue weighted by Gasteiger charge is -2.23. The van der Waals surface area contributed by atoms with Crippen LogP contribution in [-0.2, 0) is 44.0 Å². The van der Waals surface area contributed by atoms with Crippen molar-refractivity contribution in [3.8, 4) is 22.6 Å². The van der Waals surface area contributed by atoms with Crippen LogP contribution in [0.15, 0.2) is 45.2 Å². The average Bonchev–Trinajstić information content (AvgIpc) is 4.18. The lowest BCUT2D eigenvalue weighted by Crippen LogP contribution is -2.39. The number of carboxylic acid groups (broad SMARTS) is 1. The van der Waals surface area contributed by atoms with Gasteiger partial charge >= 0.3 is 17.8 Å². The number of oxazole rings is 2. The van der Waals surface area contributed by atoms with Crippen LogP contribution in [0.1, 0.15) is 227 Å². The lowest BCUT2D eigenvalue weighted by molar-refractivity contribution is -0.146. The second kappa shape index (κ2) is 21.0. The van der Waals surface area contributed by atoms with Crippen molar-refractivity contribution < 1.29 is 33.1 Å². The minimum absolute atomic E-state index is 0.00114. The molecule has 1 saturated heterocycles. The van der Waals surface area contributed by atoms with E-state index < -0.39 is 17.3 Å². The first-order valence-corrected chi connectivity index (χ1v) is 27.2. The summed E-state index contributed by atoms with van der Waals surface area (Å²) in [5.74, 6) is 1.21. The number of nitrogens with one attached hydrogen (secondary N) is 2. The lowest BCUT2D eigenvalue weighted by atomic mass is 9.82.